The molecule has 0 bridgehead atoms. The Kier molecular flexibility index (Phi) is 4.11. The zero-order valence-electron chi connectivity index (χ0n) is 11.1. The van der Waals surface area contributed by atoms with Crippen molar-refractivity contribution < 1.29 is 4.74 Å². The summed E-state index contributed by atoms with van der Waals surface area (Å²) in [6.45, 7) is 5.83. The van der Waals surface area contributed by atoms with Crippen LogP contribution in [0.1, 0.15) is 25.2 Å². The number of rotatable bonds is 4. The van der Waals surface area contributed by atoms with Crippen molar-refractivity contribution in [2.75, 3.05) is 0 Å². The fourth-order valence-electron chi connectivity index (χ4n) is 1.54. The molecule has 0 aliphatic rings. The van der Waals surface area contributed by atoms with Gasteiger partial charge in [-0.25, -0.2) is 0 Å². The van der Waals surface area contributed by atoms with E-state index in [1.807, 2.05) is 45.0 Å². The average molecular weight is 276 g/mol. The molecule has 1 heterocycles. The predicted octanol–water partition coefficient (Wildman–Crippen LogP) is 2.92. The lowest BCUT2D eigenvalue weighted by Crippen LogP contribution is -2.05. The SMILES string of the molecule is Cc1n[nH]c(=S)n1/N=C\c1ccc(OC(C)C)cc1. The van der Waals surface area contributed by atoms with Gasteiger partial charge in [0, 0.05) is 0 Å². The molecular formula is C13H16N4OS. The van der Waals surface area contributed by atoms with Crippen molar-refractivity contribution in [3.05, 3.63) is 40.4 Å². The number of benzene rings is 1. The van der Waals surface area contributed by atoms with Crippen LogP contribution in [0.4, 0.5) is 0 Å². The molecular weight excluding hydrogens is 260 g/mol. The maximum Gasteiger partial charge on any atom is 0.216 e. The Bertz CT molecular complexity index is 625. The molecule has 1 aromatic carbocycles. The number of nitrogens with zero attached hydrogens (tertiary/aromatic N) is 3. The number of H-pyrrole nitrogens is 1. The number of ether oxygens (including phenoxy) is 1. The molecule has 0 unspecified atom stereocenters. The highest BCUT2D eigenvalue weighted by molar-refractivity contribution is 7.71. The summed E-state index contributed by atoms with van der Waals surface area (Å²) in [6.07, 6.45) is 1.91. The zero-order chi connectivity index (χ0) is 13.8. The first-order valence-electron chi connectivity index (χ1n) is 6.01. The van der Waals surface area contributed by atoms with Crippen LogP contribution in [-0.4, -0.2) is 27.2 Å². The maximum absolute atomic E-state index is 5.58. The Balaban J connectivity index is 2.14. The molecule has 100 valence electrons. The summed E-state index contributed by atoms with van der Waals surface area (Å²) in [5.74, 6) is 1.57. The monoisotopic (exact) mass is 276 g/mol. The van der Waals surface area contributed by atoms with E-state index in [1.54, 1.807) is 10.9 Å². The third-order valence-electron chi connectivity index (χ3n) is 2.39. The standard InChI is InChI=1S/C13H16N4OS/c1-9(2)18-12-6-4-11(5-7-12)8-14-17-10(3)15-16-13(17)19/h4-9H,1-3H3,(H,16,19)/b14-8-. The molecule has 0 radical (unpaired) electrons. The van der Waals surface area contributed by atoms with E-state index in [0.717, 1.165) is 17.1 Å². The highest BCUT2D eigenvalue weighted by Crippen LogP contribution is 2.12. The van der Waals surface area contributed by atoms with E-state index in [1.165, 1.54) is 0 Å². The first kappa shape index (κ1) is 13.5. The number of nitrogens with one attached hydrogen (secondary N) is 1. The number of aryl methyl sites for hydroxylation is 1. The van der Waals surface area contributed by atoms with E-state index in [4.69, 9.17) is 17.0 Å². The number of aromatic nitrogens is 3. The molecule has 0 atom stereocenters. The minimum atomic E-state index is 0.173. The minimum absolute atomic E-state index is 0.173. The fraction of sp³-hybridized carbons (Fsp3) is 0.308. The van der Waals surface area contributed by atoms with Crippen molar-refractivity contribution in [3.63, 3.8) is 0 Å². The van der Waals surface area contributed by atoms with Crippen molar-refractivity contribution >= 4 is 18.4 Å². The third kappa shape index (κ3) is 3.51. The molecule has 5 nitrogen and oxygen atoms in total. The molecule has 1 aromatic heterocycles. The van der Waals surface area contributed by atoms with Crippen LogP contribution in [0, 0.1) is 11.7 Å². The molecule has 0 fully saturated rings. The molecule has 0 saturated carbocycles. The van der Waals surface area contributed by atoms with Crippen molar-refractivity contribution in [3.8, 4) is 5.75 Å². The summed E-state index contributed by atoms with van der Waals surface area (Å²) in [4.78, 5) is 0. The first-order valence-corrected chi connectivity index (χ1v) is 6.42. The molecule has 1 N–H and O–H groups in total. The average Bonchev–Trinajstić information content (AvgIpc) is 2.68. The summed E-state index contributed by atoms with van der Waals surface area (Å²) in [5, 5.41) is 11.0. The van der Waals surface area contributed by atoms with Gasteiger partial charge >= 0.3 is 0 Å². The van der Waals surface area contributed by atoms with Crippen molar-refractivity contribution in [1.82, 2.24) is 14.9 Å². The molecule has 0 saturated heterocycles. The lowest BCUT2D eigenvalue weighted by Gasteiger charge is -2.09. The van der Waals surface area contributed by atoms with Gasteiger partial charge in [-0.1, -0.05) is 0 Å². The van der Waals surface area contributed by atoms with E-state index in [0.29, 0.717) is 4.77 Å². The zero-order valence-corrected chi connectivity index (χ0v) is 11.9. The Labute approximate surface area is 116 Å². The summed E-state index contributed by atoms with van der Waals surface area (Å²) in [6, 6.07) is 7.73. The highest BCUT2D eigenvalue weighted by atomic mass is 32.1. The quantitative estimate of drug-likeness (QED) is 0.690. The van der Waals surface area contributed by atoms with E-state index in [9.17, 15) is 0 Å². The van der Waals surface area contributed by atoms with Crippen LogP contribution < -0.4 is 4.74 Å². The molecule has 0 aliphatic carbocycles. The van der Waals surface area contributed by atoms with E-state index in [2.05, 4.69) is 15.3 Å². The summed E-state index contributed by atoms with van der Waals surface area (Å²) in [7, 11) is 0. The van der Waals surface area contributed by atoms with Gasteiger partial charge < -0.3 is 4.74 Å². The molecule has 0 spiro atoms. The van der Waals surface area contributed by atoms with Crippen LogP contribution in [0.5, 0.6) is 5.75 Å². The molecule has 6 heteroatoms. The van der Waals surface area contributed by atoms with Gasteiger partial charge in [-0.05, 0) is 62.8 Å². The van der Waals surface area contributed by atoms with Crippen LogP contribution in [0.3, 0.4) is 0 Å². The van der Waals surface area contributed by atoms with Crippen molar-refractivity contribution in [1.29, 1.82) is 0 Å². The number of hydrogen-bond acceptors (Lipinski definition) is 4. The van der Waals surface area contributed by atoms with E-state index >= 15 is 0 Å². The van der Waals surface area contributed by atoms with Gasteiger partial charge in [0.15, 0.2) is 0 Å². The van der Waals surface area contributed by atoms with Gasteiger partial charge in [-0.15, -0.1) is 0 Å². The van der Waals surface area contributed by atoms with Gasteiger partial charge in [0.05, 0.1) is 12.3 Å². The summed E-state index contributed by atoms with van der Waals surface area (Å²) in [5.41, 5.74) is 0.971. The van der Waals surface area contributed by atoms with Crippen molar-refractivity contribution in [2.24, 2.45) is 5.10 Å². The van der Waals surface area contributed by atoms with E-state index < -0.39 is 0 Å². The van der Waals surface area contributed by atoms with Crippen LogP contribution in [-0.2, 0) is 0 Å². The Morgan fingerprint density at radius 2 is 2.05 bits per heavy atom. The molecule has 2 aromatic rings. The highest BCUT2D eigenvalue weighted by Gasteiger charge is 1.99. The Morgan fingerprint density at radius 3 is 2.58 bits per heavy atom. The van der Waals surface area contributed by atoms with Crippen LogP contribution in [0.2, 0.25) is 0 Å². The predicted molar refractivity (Wildman–Crippen MR) is 77.3 cm³/mol. The number of aromatic amines is 1. The minimum Gasteiger partial charge on any atom is -0.491 e. The molecule has 19 heavy (non-hydrogen) atoms. The van der Waals surface area contributed by atoms with Crippen LogP contribution in [0.15, 0.2) is 29.4 Å². The number of hydrogen-bond donors (Lipinski definition) is 1. The lowest BCUT2D eigenvalue weighted by molar-refractivity contribution is 0.242. The van der Waals surface area contributed by atoms with Gasteiger partial charge in [0.25, 0.3) is 0 Å². The second-order valence-corrected chi connectivity index (χ2v) is 4.75. The normalized spacial score (nSPS) is 11.4. The largest absolute Gasteiger partial charge is 0.491 e. The Hall–Kier alpha value is -1.95. The van der Waals surface area contributed by atoms with E-state index in [-0.39, 0.29) is 6.10 Å². The van der Waals surface area contributed by atoms with Gasteiger partial charge in [0.1, 0.15) is 11.6 Å². The maximum atomic E-state index is 5.58. The Morgan fingerprint density at radius 1 is 1.37 bits per heavy atom. The van der Waals surface area contributed by atoms with Crippen LogP contribution >= 0.6 is 12.2 Å². The van der Waals surface area contributed by atoms with Gasteiger partial charge in [-0.2, -0.15) is 14.9 Å². The summed E-state index contributed by atoms with van der Waals surface area (Å²) >= 11 is 5.07. The second-order valence-electron chi connectivity index (χ2n) is 4.37. The van der Waals surface area contributed by atoms with Gasteiger partial charge in [0.2, 0.25) is 4.77 Å². The van der Waals surface area contributed by atoms with Crippen molar-refractivity contribution in [2.45, 2.75) is 26.9 Å². The molecule has 2 rings (SSSR count). The van der Waals surface area contributed by atoms with Gasteiger partial charge in [-0.3, -0.25) is 5.10 Å². The fourth-order valence-corrected chi connectivity index (χ4v) is 1.76. The topological polar surface area (TPSA) is 55.2 Å². The second kappa shape index (κ2) is 5.79. The molecule has 0 amide bonds. The third-order valence-corrected chi connectivity index (χ3v) is 2.65. The summed E-state index contributed by atoms with van der Waals surface area (Å²) < 4.78 is 7.63. The van der Waals surface area contributed by atoms with Crippen LogP contribution in [0.25, 0.3) is 0 Å². The lowest BCUT2D eigenvalue weighted by atomic mass is 10.2. The molecule has 0 aliphatic heterocycles. The smallest absolute Gasteiger partial charge is 0.216 e. The first-order chi connectivity index (χ1) is 9.06.